The zero-order chi connectivity index (χ0) is 15.3. The fourth-order valence-corrected chi connectivity index (χ4v) is 1.78. The molecule has 0 saturated carbocycles. The van der Waals surface area contributed by atoms with Crippen LogP contribution in [0.5, 0.6) is 5.75 Å². The molecule has 2 N–H and O–H groups in total. The Balaban J connectivity index is 2.94. The molecule has 0 saturated heterocycles. The Hall–Kier alpha value is -2.24. The van der Waals surface area contributed by atoms with Crippen molar-refractivity contribution in [1.82, 2.24) is 4.90 Å². The Bertz CT molecular complexity index is 500. The maximum atomic E-state index is 12.0. The fourth-order valence-electron chi connectivity index (χ4n) is 1.78. The minimum absolute atomic E-state index is 0.0251. The third kappa shape index (κ3) is 4.15. The summed E-state index contributed by atoms with van der Waals surface area (Å²) in [5, 5.41) is 11.7. The van der Waals surface area contributed by atoms with Crippen LogP contribution in [-0.4, -0.2) is 42.7 Å². The predicted molar refractivity (Wildman–Crippen MR) is 76.4 cm³/mol. The highest BCUT2D eigenvalue weighted by Gasteiger charge is 2.16. The van der Waals surface area contributed by atoms with Crippen LogP contribution in [0, 0.1) is 5.92 Å². The van der Waals surface area contributed by atoms with E-state index in [1.54, 1.807) is 7.05 Å². The van der Waals surface area contributed by atoms with E-state index >= 15 is 0 Å². The molecule has 2 amide bonds. The number of carboxylic acid groups (broad SMARTS) is 1. The van der Waals surface area contributed by atoms with E-state index in [0.717, 1.165) is 0 Å². The second-order valence-corrected chi connectivity index (χ2v) is 4.92. The van der Waals surface area contributed by atoms with E-state index in [4.69, 9.17) is 9.84 Å². The minimum Gasteiger partial charge on any atom is -0.497 e. The first-order valence-corrected chi connectivity index (χ1v) is 6.28. The molecule has 0 bridgehead atoms. The highest BCUT2D eigenvalue weighted by Crippen LogP contribution is 2.23. The SMILES string of the molecule is COc1ccc(C(=O)O)c(NC(=O)N(C)CC(C)C)c1. The van der Waals surface area contributed by atoms with Gasteiger partial charge in [-0.2, -0.15) is 0 Å². The molecule has 1 rings (SSSR count). The van der Waals surface area contributed by atoms with Crippen LogP contribution in [-0.2, 0) is 0 Å². The van der Waals surface area contributed by atoms with Gasteiger partial charge in [0.2, 0.25) is 0 Å². The number of aromatic carboxylic acids is 1. The van der Waals surface area contributed by atoms with Crippen LogP contribution in [0.4, 0.5) is 10.5 Å². The Morgan fingerprint density at radius 3 is 2.55 bits per heavy atom. The Kier molecular flexibility index (Phi) is 5.37. The first-order chi connectivity index (χ1) is 9.35. The highest BCUT2D eigenvalue weighted by atomic mass is 16.5. The number of nitrogens with zero attached hydrogens (tertiary/aromatic N) is 1. The molecule has 20 heavy (non-hydrogen) atoms. The molecule has 0 atom stereocenters. The molecule has 0 heterocycles. The number of urea groups is 1. The van der Waals surface area contributed by atoms with Crippen molar-refractivity contribution < 1.29 is 19.4 Å². The van der Waals surface area contributed by atoms with Gasteiger partial charge < -0.3 is 20.1 Å². The lowest BCUT2D eigenvalue weighted by Gasteiger charge is -2.20. The fraction of sp³-hybridized carbons (Fsp3) is 0.429. The van der Waals surface area contributed by atoms with Crippen LogP contribution < -0.4 is 10.1 Å². The molecule has 6 nitrogen and oxygen atoms in total. The summed E-state index contributed by atoms with van der Waals surface area (Å²) in [7, 11) is 3.14. The maximum Gasteiger partial charge on any atom is 0.337 e. The summed E-state index contributed by atoms with van der Waals surface area (Å²) in [6.07, 6.45) is 0. The number of hydrogen-bond donors (Lipinski definition) is 2. The zero-order valence-corrected chi connectivity index (χ0v) is 12.1. The van der Waals surface area contributed by atoms with Crippen molar-refractivity contribution in [2.75, 3.05) is 26.0 Å². The summed E-state index contributed by atoms with van der Waals surface area (Å²) in [6.45, 7) is 4.58. The second-order valence-electron chi connectivity index (χ2n) is 4.92. The number of benzene rings is 1. The summed E-state index contributed by atoms with van der Waals surface area (Å²) in [6, 6.07) is 4.08. The first-order valence-electron chi connectivity index (χ1n) is 6.28. The number of carboxylic acids is 1. The van der Waals surface area contributed by atoms with Crippen LogP contribution in [0.15, 0.2) is 18.2 Å². The normalized spacial score (nSPS) is 10.2. The summed E-state index contributed by atoms with van der Waals surface area (Å²) in [4.78, 5) is 24.7. The van der Waals surface area contributed by atoms with E-state index in [1.807, 2.05) is 13.8 Å². The smallest absolute Gasteiger partial charge is 0.337 e. The van der Waals surface area contributed by atoms with Crippen LogP contribution in [0.25, 0.3) is 0 Å². The molecule has 0 spiro atoms. The molecule has 0 aliphatic heterocycles. The number of anilines is 1. The van der Waals surface area contributed by atoms with Crippen LogP contribution in [0.2, 0.25) is 0 Å². The van der Waals surface area contributed by atoms with Gasteiger partial charge in [0.25, 0.3) is 0 Å². The largest absolute Gasteiger partial charge is 0.497 e. The molecule has 6 heteroatoms. The zero-order valence-electron chi connectivity index (χ0n) is 12.1. The molecule has 0 aliphatic carbocycles. The minimum atomic E-state index is -1.10. The Morgan fingerprint density at radius 1 is 1.40 bits per heavy atom. The van der Waals surface area contributed by atoms with E-state index in [9.17, 15) is 9.59 Å². The van der Waals surface area contributed by atoms with Crippen molar-refractivity contribution >= 4 is 17.7 Å². The Labute approximate surface area is 118 Å². The van der Waals surface area contributed by atoms with Gasteiger partial charge in [-0.25, -0.2) is 9.59 Å². The maximum absolute atomic E-state index is 12.0. The number of hydrogen-bond acceptors (Lipinski definition) is 3. The van der Waals surface area contributed by atoms with Gasteiger partial charge in [-0.15, -0.1) is 0 Å². The van der Waals surface area contributed by atoms with Gasteiger partial charge in [0, 0.05) is 19.7 Å². The molecular weight excluding hydrogens is 260 g/mol. The van der Waals surface area contributed by atoms with Crippen LogP contribution >= 0.6 is 0 Å². The molecule has 1 aromatic rings. The third-order valence-electron chi connectivity index (χ3n) is 2.68. The van der Waals surface area contributed by atoms with Crippen molar-refractivity contribution in [2.24, 2.45) is 5.92 Å². The number of carbonyl (C=O) groups excluding carboxylic acids is 1. The number of carbonyl (C=O) groups is 2. The quantitative estimate of drug-likeness (QED) is 0.868. The average Bonchev–Trinajstić information content (AvgIpc) is 2.37. The van der Waals surface area contributed by atoms with E-state index in [2.05, 4.69) is 5.32 Å². The highest BCUT2D eigenvalue weighted by molar-refractivity contribution is 6.00. The summed E-state index contributed by atoms with van der Waals surface area (Å²) < 4.78 is 5.04. The first kappa shape index (κ1) is 15.8. The third-order valence-corrected chi connectivity index (χ3v) is 2.68. The van der Waals surface area contributed by atoms with Crippen molar-refractivity contribution in [3.63, 3.8) is 0 Å². The van der Waals surface area contributed by atoms with Crippen molar-refractivity contribution in [3.05, 3.63) is 23.8 Å². The van der Waals surface area contributed by atoms with Crippen molar-refractivity contribution in [3.8, 4) is 5.75 Å². The number of methoxy groups -OCH3 is 1. The van der Waals surface area contributed by atoms with Crippen molar-refractivity contribution in [2.45, 2.75) is 13.8 Å². The van der Waals surface area contributed by atoms with Gasteiger partial charge in [0.1, 0.15) is 5.75 Å². The standard InChI is InChI=1S/C14H20N2O4/c1-9(2)8-16(3)14(19)15-12-7-10(20-4)5-6-11(12)13(17)18/h5-7,9H,8H2,1-4H3,(H,15,19)(H,17,18). The van der Waals surface area contributed by atoms with E-state index < -0.39 is 5.97 Å². The van der Waals surface area contributed by atoms with Crippen molar-refractivity contribution in [1.29, 1.82) is 0 Å². The average molecular weight is 280 g/mol. The summed E-state index contributed by atoms with van der Waals surface area (Å²) in [5.41, 5.74) is 0.245. The molecule has 0 fully saturated rings. The molecule has 0 aliphatic rings. The molecule has 0 unspecified atom stereocenters. The monoisotopic (exact) mass is 280 g/mol. The van der Waals surface area contributed by atoms with Gasteiger partial charge in [-0.1, -0.05) is 13.8 Å². The van der Waals surface area contributed by atoms with Crippen LogP contribution in [0.1, 0.15) is 24.2 Å². The number of ether oxygens (including phenoxy) is 1. The predicted octanol–water partition coefficient (Wildman–Crippen LogP) is 2.51. The molecular formula is C14H20N2O4. The number of amides is 2. The van der Waals surface area contributed by atoms with Gasteiger partial charge >= 0.3 is 12.0 Å². The van der Waals surface area contributed by atoms with Gasteiger partial charge in [0.05, 0.1) is 18.4 Å². The van der Waals surface area contributed by atoms with E-state index in [-0.39, 0.29) is 17.3 Å². The topological polar surface area (TPSA) is 78.9 Å². The lowest BCUT2D eigenvalue weighted by atomic mass is 10.1. The molecule has 110 valence electrons. The lowest BCUT2D eigenvalue weighted by Crippen LogP contribution is -2.34. The Morgan fingerprint density at radius 2 is 2.05 bits per heavy atom. The summed E-state index contributed by atoms with van der Waals surface area (Å²) in [5.74, 6) is -0.290. The molecule has 1 aromatic carbocycles. The molecule has 0 aromatic heterocycles. The summed E-state index contributed by atoms with van der Waals surface area (Å²) >= 11 is 0. The molecule has 0 radical (unpaired) electrons. The number of nitrogens with one attached hydrogen (secondary N) is 1. The van der Waals surface area contributed by atoms with Gasteiger partial charge in [-0.05, 0) is 18.1 Å². The number of rotatable bonds is 5. The lowest BCUT2D eigenvalue weighted by molar-refractivity contribution is 0.0698. The van der Waals surface area contributed by atoms with E-state index in [1.165, 1.54) is 30.2 Å². The van der Waals surface area contributed by atoms with Gasteiger partial charge in [0.15, 0.2) is 0 Å². The van der Waals surface area contributed by atoms with Crippen LogP contribution in [0.3, 0.4) is 0 Å². The van der Waals surface area contributed by atoms with E-state index in [0.29, 0.717) is 18.2 Å². The van der Waals surface area contributed by atoms with Gasteiger partial charge in [-0.3, -0.25) is 0 Å². The second kappa shape index (κ2) is 6.79.